The summed E-state index contributed by atoms with van der Waals surface area (Å²) >= 11 is 4.28. The van der Waals surface area contributed by atoms with Crippen molar-refractivity contribution in [2.45, 2.75) is 4.90 Å². The summed E-state index contributed by atoms with van der Waals surface area (Å²) in [6, 6.07) is 3.73. The van der Waals surface area contributed by atoms with Crippen molar-refractivity contribution < 1.29 is 4.74 Å². The van der Waals surface area contributed by atoms with E-state index in [1.807, 2.05) is 12.1 Å². The number of hydrogen-bond donors (Lipinski definition) is 2. The Bertz CT molecular complexity index is 410. The molecule has 0 aliphatic rings. The van der Waals surface area contributed by atoms with E-state index < -0.39 is 0 Å². The van der Waals surface area contributed by atoms with Crippen molar-refractivity contribution in [3.8, 4) is 5.75 Å². The third-order valence-electron chi connectivity index (χ3n) is 1.71. The van der Waals surface area contributed by atoms with E-state index in [9.17, 15) is 0 Å². The number of benzene rings is 1. The predicted octanol–water partition coefficient (Wildman–Crippen LogP) is 1.86. The lowest BCUT2D eigenvalue weighted by Crippen LogP contribution is -1.83. The van der Waals surface area contributed by atoms with Crippen LogP contribution in [0.3, 0.4) is 0 Å². The van der Waals surface area contributed by atoms with Crippen LogP contribution in [-0.2, 0) is 0 Å². The Balaban J connectivity index is 2.75. The molecule has 0 bridgehead atoms. The van der Waals surface area contributed by atoms with E-state index in [0.29, 0.717) is 0 Å². The normalized spacial score (nSPS) is 10.5. The number of fused-ring (bicyclic) bond motifs is 1. The van der Waals surface area contributed by atoms with Gasteiger partial charge in [-0.15, -0.1) is 12.6 Å². The van der Waals surface area contributed by atoms with Crippen molar-refractivity contribution in [2.24, 2.45) is 0 Å². The number of nitrogens with zero attached hydrogens (tertiary/aromatic N) is 1. The number of methoxy groups -OCH3 is 1. The van der Waals surface area contributed by atoms with E-state index in [4.69, 9.17) is 4.74 Å². The first-order valence-corrected chi connectivity index (χ1v) is 3.96. The first-order valence-electron chi connectivity index (χ1n) is 3.51. The second-order valence-corrected chi connectivity index (χ2v) is 2.93. The van der Waals surface area contributed by atoms with Gasteiger partial charge in [-0.3, -0.25) is 0 Å². The highest BCUT2D eigenvalue weighted by Gasteiger charge is 2.02. The molecule has 2 rings (SSSR count). The number of imidazole rings is 1. The molecule has 1 aromatic heterocycles. The van der Waals surface area contributed by atoms with Gasteiger partial charge in [-0.05, 0) is 6.07 Å². The summed E-state index contributed by atoms with van der Waals surface area (Å²) in [6.45, 7) is 0. The fourth-order valence-electron chi connectivity index (χ4n) is 1.12. The summed E-state index contributed by atoms with van der Waals surface area (Å²) in [4.78, 5) is 7.93. The minimum atomic E-state index is 0.789. The maximum atomic E-state index is 5.08. The van der Waals surface area contributed by atoms with Gasteiger partial charge in [0, 0.05) is 11.0 Å². The number of thiol groups is 1. The van der Waals surface area contributed by atoms with Gasteiger partial charge in [0.2, 0.25) is 0 Å². The zero-order chi connectivity index (χ0) is 8.55. The maximum Gasteiger partial charge on any atom is 0.122 e. The van der Waals surface area contributed by atoms with E-state index >= 15 is 0 Å². The maximum absolute atomic E-state index is 5.08. The molecule has 0 radical (unpaired) electrons. The molecule has 2 aromatic rings. The van der Waals surface area contributed by atoms with E-state index in [2.05, 4.69) is 22.6 Å². The molecule has 12 heavy (non-hydrogen) atoms. The number of nitrogens with one attached hydrogen (secondary N) is 1. The summed E-state index contributed by atoms with van der Waals surface area (Å²) in [6.07, 6.45) is 1.64. The van der Waals surface area contributed by atoms with Crippen molar-refractivity contribution >= 4 is 23.7 Å². The molecule has 0 spiro atoms. The fourth-order valence-corrected chi connectivity index (χ4v) is 1.43. The molecule has 1 N–H and O–H groups in total. The van der Waals surface area contributed by atoms with Crippen LogP contribution in [-0.4, -0.2) is 17.1 Å². The standard InChI is InChI=1S/C8H8N2OS/c1-11-5-2-6-8(7(12)3-5)10-4-9-6/h2-4,12H,1H3,(H,9,10). The van der Waals surface area contributed by atoms with Crippen molar-refractivity contribution in [1.82, 2.24) is 9.97 Å². The van der Waals surface area contributed by atoms with Crippen LogP contribution >= 0.6 is 12.6 Å². The summed E-state index contributed by atoms with van der Waals surface area (Å²) in [7, 11) is 1.63. The van der Waals surface area contributed by atoms with Gasteiger partial charge in [0.15, 0.2) is 0 Å². The van der Waals surface area contributed by atoms with E-state index in [1.54, 1.807) is 13.4 Å². The van der Waals surface area contributed by atoms with Crippen molar-refractivity contribution in [2.75, 3.05) is 7.11 Å². The number of ether oxygens (including phenoxy) is 1. The first-order chi connectivity index (χ1) is 5.81. The Kier molecular flexibility index (Phi) is 1.69. The molecule has 0 saturated heterocycles. The van der Waals surface area contributed by atoms with Crippen LogP contribution in [0.4, 0.5) is 0 Å². The molecule has 0 atom stereocenters. The zero-order valence-electron chi connectivity index (χ0n) is 6.53. The molecule has 4 heteroatoms. The lowest BCUT2D eigenvalue weighted by Gasteiger charge is -2.00. The molecule has 0 saturated carbocycles. The van der Waals surface area contributed by atoms with E-state index in [1.165, 1.54) is 0 Å². The lowest BCUT2D eigenvalue weighted by atomic mass is 10.3. The fraction of sp³-hybridized carbons (Fsp3) is 0.125. The van der Waals surface area contributed by atoms with Crippen LogP contribution < -0.4 is 4.74 Å². The highest BCUT2D eigenvalue weighted by molar-refractivity contribution is 7.80. The summed E-state index contributed by atoms with van der Waals surface area (Å²) in [5.41, 5.74) is 1.82. The molecule has 3 nitrogen and oxygen atoms in total. The van der Waals surface area contributed by atoms with Crippen LogP contribution in [0.15, 0.2) is 23.4 Å². The molecule has 1 heterocycles. The van der Waals surface area contributed by atoms with Gasteiger partial charge in [0.25, 0.3) is 0 Å². The first kappa shape index (κ1) is 7.49. The predicted molar refractivity (Wildman–Crippen MR) is 49.9 cm³/mol. The Morgan fingerprint density at radius 1 is 1.50 bits per heavy atom. The van der Waals surface area contributed by atoms with Crippen molar-refractivity contribution in [3.05, 3.63) is 18.5 Å². The van der Waals surface area contributed by atoms with Crippen LogP contribution in [0, 0.1) is 0 Å². The molecule has 0 unspecified atom stereocenters. The molecule has 0 amide bonds. The monoisotopic (exact) mass is 180 g/mol. The molecule has 1 aromatic carbocycles. The molecule has 62 valence electrons. The Labute approximate surface area is 75.2 Å². The highest BCUT2D eigenvalue weighted by atomic mass is 32.1. The Morgan fingerprint density at radius 3 is 3.08 bits per heavy atom. The third kappa shape index (κ3) is 1.04. The summed E-state index contributed by atoms with van der Waals surface area (Å²) < 4.78 is 5.08. The molecule has 0 aliphatic carbocycles. The second-order valence-electron chi connectivity index (χ2n) is 2.45. The van der Waals surface area contributed by atoms with Crippen molar-refractivity contribution in [3.63, 3.8) is 0 Å². The van der Waals surface area contributed by atoms with Crippen LogP contribution in [0.25, 0.3) is 11.0 Å². The second kappa shape index (κ2) is 2.71. The SMILES string of the molecule is COc1cc(S)c2nc[nH]c2c1. The van der Waals surface area contributed by atoms with Crippen LogP contribution in [0.1, 0.15) is 0 Å². The minimum absolute atomic E-state index is 0.789. The highest BCUT2D eigenvalue weighted by Crippen LogP contribution is 2.24. The van der Waals surface area contributed by atoms with Gasteiger partial charge in [0.1, 0.15) is 11.3 Å². The Morgan fingerprint density at radius 2 is 2.33 bits per heavy atom. The van der Waals surface area contributed by atoms with Gasteiger partial charge >= 0.3 is 0 Å². The van der Waals surface area contributed by atoms with Gasteiger partial charge in [-0.25, -0.2) is 4.98 Å². The molecular formula is C8H8N2OS. The number of hydrogen-bond acceptors (Lipinski definition) is 3. The Hall–Kier alpha value is -1.16. The van der Waals surface area contributed by atoms with Gasteiger partial charge in [0.05, 0.1) is 19.0 Å². The molecule has 0 aliphatic heterocycles. The summed E-state index contributed by atoms with van der Waals surface area (Å²) in [5, 5.41) is 0. The average molecular weight is 180 g/mol. The number of aromatic amines is 1. The minimum Gasteiger partial charge on any atom is -0.497 e. The van der Waals surface area contributed by atoms with E-state index in [0.717, 1.165) is 21.7 Å². The van der Waals surface area contributed by atoms with Gasteiger partial charge in [-0.2, -0.15) is 0 Å². The smallest absolute Gasteiger partial charge is 0.122 e. The molecule has 0 fully saturated rings. The third-order valence-corrected chi connectivity index (χ3v) is 2.05. The van der Waals surface area contributed by atoms with Crippen LogP contribution in [0.2, 0.25) is 0 Å². The summed E-state index contributed by atoms with van der Waals surface area (Å²) in [5.74, 6) is 0.789. The number of rotatable bonds is 1. The largest absolute Gasteiger partial charge is 0.497 e. The quantitative estimate of drug-likeness (QED) is 0.657. The zero-order valence-corrected chi connectivity index (χ0v) is 7.43. The van der Waals surface area contributed by atoms with Crippen molar-refractivity contribution in [1.29, 1.82) is 0 Å². The lowest BCUT2D eigenvalue weighted by molar-refractivity contribution is 0.414. The molecular weight excluding hydrogens is 172 g/mol. The number of H-pyrrole nitrogens is 1. The number of aromatic nitrogens is 2. The van der Waals surface area contributed by atoms with Gasteiger partial charge < -0.3 is 9.72 Å². The topological polar surface area (TPSA) is 37.9 Å². The van der Waals surface area contributed by atoms with Crippen LogP contribution in [0.5, 0.6) is 5.75 Å². The van der Waals surface area contributed by atoms with Gasteiger partial charge in [-0.1, -0.05) is 0 Å². The van der Waals surface area contributed by atoms with E-state index in [-0.39, 0.29) is 0 Å². The average Bonchev–Trinajstić information content (AvgIpc) is 2.52.